The summed E-state index contributed by atoms with van der Waals surface area (Å²) in [6, 6.07) is 8.54. The molecule has 1 heterocycles. The van der Waals surface area contributed by atoms with E-state index in [1.807, 2.05) is 0 Å². The van der Waals surface area contributed by atoms with Crippen molar-refractivity contribution in [2.45, 2.75) is 6.54 Å². The molecule has 0 radical (unpaired) electrons. The van der Waals surface area contributed by atoms with Gasteiger partial charge in [-0.15, -0.1) is 24.8 Å². The maximum atomic E-state index is 5.55. The first-order valence-electron chi connectivity index (χ1n) is 5.15. The van der Waals surface area contributed by atoms with Gasteiger partial charge in [-0.2, -0.15) is 0 Å². The third-order valence-electron chi connectivity index (χ3n) is 2.65. The van der Waals surface area contributed by atoms with E-state index in [9.17, 15) is 0 Å². The third kappa shape index (κ3) is 3.83. The van der Waals surface area contributed by atoms with Gasteiger partial charge in [-0.3, -0.25) is 0 Å². The van der Waals surface area contributed by atoms with Crippen molar-refractivity contribution >= 4 is 30.5 Å². The molecule has 0 amide bonds. The summed E-state index contributed by atoms with van der Waals surface area (Å²) < 4.78 is 0. The van der Waals surface area contributed by atoms with Crippen LogP contribution in [0.5, 0.6) is 0 Å². The predicted molar refractivity (Wildman–Crippen MR) is 73.9 cm³/mol. The molecule has 1 aromatic rings. The number of rotatable bonds is 2. The molecule has 16 heavy (non-hydrogen) atoms. The first-order valence-corrected chi connectivity index (χ1v) is 5.15. The van der Waals surface area contributed by atoms with Gasteiger partial charge < -0.3 is 16.0 Å². The Morgan fingerprint density at radius 3 is 2.12 bits per heavy atom. The maximum absolute atomic E-state index is 5.55. The fourth-order valence-corrected chi connectivity index (χ4v) is 1.77. The van der Waals surface area contributed by atoms with Crippen molar-refractivity contribution in [2.24, 2.45) is 5.73 Å². The number of anilines is 1. The van der Waals surface area contributed by atoms with Gasteiger partial charge in [0.2, 0.25) is 0 Å². The van der Waals surface area contributed by atoms with E-state index < -0.39 is 0 Å². The van der Waals surface area contributed by atoms with Crippen molar-refractivity contribution in [1.29, 1.82) is 0 Å². The first kappa shape index (κ1) is 15.5. The highest BCUT2D eigenvalue weighted by atomic mass is 35.5. The minimum Gasteiger partial charge on any atom is -0.369 e. The van der Waals surface area contributed by atoms with Crippen molar-refractivity contribution in [1.82, 2.24) is 5.32 Å². The highest BCUT2D eigenvalue weighted by molar-refractivity contribution is 5.85. The average molecular weight is 264 g/mol. The van der Waals surface area contributed by atoms with E-state index in [-0.39, 0.29) is 24.8 Å². The molecule has 5 heteroatoms. The normalized spacial score (nSPS) is 14.9. The Bertz CT molecular complexity index is 284. The van der Waals surface area contributed by atoms with E-state index >= 15 is 0 Å². The number of nitrogens with two attached hydrogens (primary N) is 1. The molecule has 1 fully saturated rings. The molecule has 1 aliphatic rings. The fraction of sp³-hybridized carbons (Fsp3) is 0.455. The Kier molecular flexibility index (Phi) is 7.51. The Labute approximate surface area is 109 Å². The molecule has 0 aromatic heterocycles. The van der Waals surface area contributed by atoms with Crippen LogP contribution in [-0.4, -0.2) is 26.2 Å². The highest BCUT2D eigenvalue weighted by Crippen LogP contribution is 2.15. The lowest BCUT2D eigenvalue weighted by atomic mass is 10.2. The second-order valence-corrected chi connectivity index (χ2v) is 3.61. The zero-order valence-electron chi connectivity index (χ0n) is 9.19. The SMILES string of the molecule is Cl.Cl.NCc1ccc(N2CCNCC2)cc1. The molecular formula is C11H19Cl2N3. The number of nitrogens with zero attached hydrogens (tertiary/aromatic N) is 1. The van der Waals surface area contributed by atoms with E-state index in [1.54, 1.807) is 0 Å². The number of hydrogen-bond acceptors (Lipinski definition) is 3. The standard InChI is InChI=1S/C11H17N3.2ClH/c12-9-10-1-3-11(4-2-10)14-7-5-13-6-8-14;;/h1-4,13H,5-9,12H2;2*1H. The summed E-state index contributed by atoms with van der Waals surface area (Å²) in [4.78, 5) is 2.40. The van der Waals surface area contributed by atoms with Gasteiger partial charge in [-0.05, 0) is 17.7 Å². The molecule has 3 nitrogen and oxygen atoms in total. The number of nitrogens with one attached hydrogen (secondary N) is 1. The van der Waals surface area contributed by atoms with E-state index in [4.69, 9.17) is 5.73 Å². The fourth-order valence-electron chi connectivity index (χ4n) is 1.77. The van der Waals surface area contributed by atoms with Crippen LogP contribution in [0.25, 0.3) is 0 Å². The van der Waals surface area contributed by atoms with Crippen LogP contribution in [0.15, 0.2) is 24.3 Å². The smallest absolute Gasteiger partial charge is 0.0367 e. The van der Waals surface area contributed by atoms with Crippen LogP contribution in [0.2, 0.25) is 0 Å². The zero-order valence-corrected chi connectivity index (χ0v) is 10.8. The quantitative estimate of drug-likeness (QED) is 0.848. The van der Waals surface area contributed by atoms with Crippen LogP contribution >= 0.6 is 24.8 Å². The number of benzene rings is 1. The molecule has 0 atom stereocenters. The van der Waals surface area contributed by atoms with Crippen molar-refractivity contribution in [2.75, 3.05) is 31.1 Å². The summed E-state index contributed by atoms with van der Waals surface area (Å²) in [5.41, 5.74) is 8.06. The minimum absolute atomic E-state index is 0. The Morgan fingerprint density at radius 2 is 1.62 bits per heavy atom. The Balaban J connectivity index is 0.00000112. The van der Waals surface area contributed by atoms with E-state index in [0.717, 1.165) is 26.2 Å². The number of hydrogen-bond donors (Lipinski definition) is 2. The summed E-state index contributed by atoms with van der Waals surface area (Å²) >= 11 is 0. The summed E-state index contributed by atoms with van der Waals surface area (Å²) in [6.07, 6.45) is 0. The second-order valence-electron chi connectivity index (χ2n) is 3.61. The van der Waals surface area contributed by atoms with E-state index in [1.165, 1.54) is 11.3 Å². The molecule has 0 spiro atoms. The van der Waals surface area contributed by atoms with Gasteiger partial charge in [-0.1, -0.05) is 12.1 Å². The molecule has 0 aliphatic carbocycles. The molecule has 0 saturated carbocycles. The first-order chi connectivity index (χ1) is 6.90. The summed E-state index contributed by atoms with van der Waals surface area (Å²) in [5, 5.41) is 3.35. The van der Waals surface area contributed by atoms with Gasteiger partial charge in [0, 0.05) is 38.4 Å². The van der Waals surface area contributed by atoms with Crippen LogP contribution in [0.1, 0.15) is 5.56 Å². The van der Waals surface area contributed by atoms with Crippen molar-refractivity contribution in [3.63, 3.8) is 0 Å². The second kappa shape index (κ2) is 7.74. The van der Waals surface area contributed by atoms with Crippen molar-refractivity contribution < 1.29 is 0 Å². The molecular weight excluding hydrogens is 245 g/mol. The van der Waals surface area contributed by atoms with Gasteiger partial charge in [0.25, 0.3) is 0 Å². The molecule has 2 rings (SSSR count). The molecule has 0 unspecified atom stereocenters. The molecule has 92 valence electrons. The zero-order chi connectivity index (χ0) is 9.80. The maximum Gasteiger partial charge on any atom is 0.0367 e. The highest BCUT2D eigenvalue weighted by Gasteiger charge is 2.09. The van der Waals surface area contributed by atoms with Gasteiger partial charge in [0.05, 0.1) is 0 Å². The van der Waals surface area contributed by atoms with Crippen molar-refractivity contribution in [3.8, 4) is 0 Å². The average Bonchev–Trinajstić information content (AvgIpc) is 2.30. The topological polar surface area (TPSA) is 41.3 Å². The lowest BCUT2D eigenvalue weighted by Gasteiger charge is -2.29. The van der Waals surface area contributed by atoms with E-state index in [2.05, 4.69) is 34.5 Å². The monoisotopic (exact) mass is 263 g/mol. The lowest BCUT2D eigenvalue weighted by molar-refractivity contribution is 0.589. The minimum atomic E-state index is 0. The van der Waals surface area contributed by atoms with Gasteiger partial charge >= 0.3 is 0 Å². The molecule has 0 bridgehead atoms. The van der Waals surface area contributed by atoms with Gasteiger partial charge in [0.15, 0.2) is 0 Å². The summed E-state index contributed by atoms with van der Waals surface area (Å²) in [7, 11) is 0. The summed E-state index contributed by atoms with van der Waals surface area (Å²) in [5.74, 6) is 0. The van der Waals surface area contributed by atoms with Crippen LogP contribution in [-0.2, 0) is 6.54 Å². The third-order valence-corrected chi connectivity index (χ3v) is 2.65. The van der Waals surface area contributed by atoms with Gasteiger partial charge in [0.1, 0.15) is 0 Å². The van der Waals surface area contributed by atoms with Gasteiger partial charge in [-0.25, -0.2) is 0 Å². The Morgan fingerprint density at radius 1 is 1.06 bits per heavy atom. The van der Waals surface area contributed by atoms with Crippen LogP contribution in [0, 0.1) is 0 Å². The molecule has 1 aromatic carbocycles. The van der Waals surface area contributed by atoms with E-state index in [0.29, 0.717) is 6.54 Å². The molecule has 1 aliphatic heterocycles. The van der Waals surface area contributed by atoms with Crippen LogP contribution in [0.3, 0.4) is 0 Å². The molecule has 1 saturated heterocycles. The van der Waals surface area contributed by atoms with Crippen molar-refractivity contribution in [3.05, 3.63) is 29.8 Å². The van der Waals surface area contributed by atoms with Crippen LogP contribution < -0.4 is 16.0 Å². The number of halogens is 2. The van der Waals surface area contributed by atoms with Crippen LogP contribution in [0.4, 0.5) is 5.69 Å². The Hall–Kier alpha value is -0.480. The largest absolute Gasteiger partial charge is 0.369 e. The predicted octanol–water partition coefficient (Wildman–Crippen LogP) is 1.40. The summed E-state index contributed by atoms with van der Waals surface area (Å²) in [6.45, 7) is 4.99. The molecule has 3 N–H and O–H groups in total. The lowest BCUT2D eigenvalue weighted by Crippen LogP contribution is -2.43. The number of piperazine rings is 1.